The summed E-state index contributed by atoms with van der Waals surface area (Å²) >= 11 is 0. The van der Waals surface area contributed by atoms with E-state index in [0.717, 1.165) is 16.8 Å². The van der Waals surface area contributed by atoms with E-state index in [0.29, 0.717) is 17.3 Å². The van der Waals surface area contributed by atoms with Gasteiger partial charge in [-0.25, -0.2) is 0 Å². The number of aromatic nitrogens is 2. The highest BCUT2D eigenvalue weighted by Crippen LogP contribution is 2.32. The average Bonchev–Trinajstić information content (AvgIpc) is 2.97. The van der Waals surface area contributed by atoms with Crippen LogP contribution >= 0.6 is 0 Å². The van der Waals surface area contributed by atoms with Gasteiger partial charge < -0.3 is 14.5 Å². The lowest BCUT2D eigenvalue weighted by molar-refractivity contribution is 0.425. The predicted octanol–water partition coefficient (Wildman–Crippen LogP) is 3.48. The lowest BCUT2D eigenvalue weighted by Gasteiger charge is -2.13. The molecule has 0 unspecified atom stereocenters. The van der Waals surface area contributed by atoms with Gasteiger partial charge in [-0.2, -0.15) is 4.98 Å². The molecule has 0 bridgehead atoms. The number of anilines is 1. The average molecular weight is 295 g/mol. The van der Waals surface area contributed by atoms with Gasteiger partial charge in [0.25, 0.3) is 5.89 Å². The van der Waals surface area contributed by atoms with Crippen LogP contribution in [0.2, 0.25) is 0 Å². The molecule has 3 aromatic rings. The number of phenols is 1. The van der Waals surface area contributed by atoms with E-state index in [9.17, 15) is 5.11 Å². The molecule has 5 nitrogen and oxygen atoms in total. The van der Waals surface area contributed by atoms with Gasteiger partial charge in [-0.3, -0.25) is 0 Å². The number of rotatable bonds is 3. The standard InChI is InChI=1S/C17H17N3O2/c1-11-6-4-5-7-13(11)16-18-17(22-19-16)14-9-8-12(20(2)3)10-15(14)21/h4-10,21H,1-3H3. The number of hydrogen-bond acceptors (Lipinski definition) is 5. The van der Waals surface area contributed by atoms with Gasteiger partial charge in [0.1, 0.15) is 5.75 Å². The summed E-state index contributed by atoms with van der Waals surface area (Å²) in [5.74, 6) is 0.941. The normalized spacial score (nSPS) is 10.7. The number of hydrogen-bond donors (Lipinski definition) is 1. The van der Waals surface area contributed by atoms with Crippen LogP contribution in [0.1, 0.15) is 5.56 Å². The fourth-order valence-electron chi connectivity index (χ4n) is 2.25. The third-order valence-corrected chi connectivity index (χ3v) is 3.54. The number of benzene rings is 2. The van der Waals surface area contributed by atoms with E-state index in [1.54, 1.807) is 12.1 Å². The number of aromatic hydroxyl groups is 1. The predicted molar refractivity (Wildman–Crippen MR) is 85.9 cm³/mol. The molecule has 0 aliphatic heterocycles. The Morgan fingerprint density at radius 2 is 1.82 bits per heavy atom. The number of nitrogens with zero attached hydrogens (tertiary/aromatic N) is 3. The molecular formula is C17H17N3O2. The van der Waals surface area contributed by atoms with E-state index in [1.807, 2.05) is 56.3 Å². The molecule has 0 amide bonds. The molecule has 112 valence electrons. The topological polar surface area (TPSA) is 62.4 Å². The van der Waals surface area contributed by atoms with Gasteiger partial charge >= 0.3 is 0 Å². The van der Waals surface area contributed by atoms with E-state index in [1.165, 1.54) is 0 Å². The first-order chi connectivity index (χ1) is 10.6. The highest BCUT2D eigenvalue weighted by atomic mass is 16.5. The van der Waals surface area contributed by atoms with E-state index in [2.05, 4.69) is 10.1 Å². The Morgan fingerprint density at radius 3 is 2.50 bits per heavy atom. The van der Waals surface area contributed by atoms with Crippen molar-refractivity contribution in [1.82, 2.24) is 10.1 Å². The minimum atomic E-state index is 0.117. The van der Waals surface area contributed by atoms with Crippen LogP contribution in [0.4, 0.5) is 5.69 Å². The highest BCUT2D eigenvalue weighted by molar-refractivity contribution is 5.69. The molecule has 2 aromatic carbocycles. The lowest BCUT2D eigenvalue weighted by atomic mass is 10.1. The Morgan fingerprint density at radius 1 is 1.05 bits per heavy atom. The maximum absolute atomic E-state index is 10.2. The van der Waals surface area contributed by atoms with Gasteiger partial charge in [-0.05, 0) is 24.6 Å². The van der Waals surface area contributed by atoms with Crippen molar-refractivity contribution in [3.05, 3.63) is 48.0 Å². The molecule has 0 saturated heterocycles. The molecule has 0 saturated carbocycles. The van der Waals surface area contributed by atoms with E-state index >= 15 is 0 Å². The summed E-state index contributed by atoms with van der Waals surface area (Å²) in [5, 5.41) is 14.2. The van der Waals surface area contributed by atoms with E-state index < -0.39 is 0 Å². The van der Waals surface area contributed by atoms with Gasteiger partial charge in [-0.1, -0.05) is 29.4 Å². The molecule has 1 N–H and O–H groups in total. The zero-order valence-corrected chi connectivity index (χ0v) is 12.7. The van der Waals surface area contributed by atoms with Gasteiger partial charge in [0.05, 0.1) is 5.56 Å². The van der Waals surface area contributed by atoms with Crippen LogP contribution in [-0.2, 0) is 0 Å². The summed E-state index contributed by atoms with van der Waals surface area (Å²) in [5.41, 5.74) is 3.42. The fourth-order valence-corrected chi connectivity index (χ4v) is 2.25. The van der Waals surface area contributed by atoms with Crippen LogP contribution in [0.15, 0.2) is 47.0 Å². The first-order valence-electron chi connectivity index (χ1n) is 6.96. The Balaban J connectivity index is 2.00. The molecule has 1 heterocycles. The van der Waals surface area contributed by atoms with Crippen molar-refractivity contribution in [2.24, 2.45) is 0 Å². The zero-order valence-electron chi connectivity index (χ0n) is 12.7. The van der Waals surface area contributed by atoms with Crippen molar-refractivity contribution >= 4 is 5.69 Å². The molecule has 3 rings (SSSR count). The van der Waals surface area contributed by atoms with Gasteiger partial charge in [0.15, 0.2) is 0 Å². The smallest absolute Gasteiger partial charge is 0.262 e. The van der Waals surface area contributed by atoms with Crippen molar-refractivity contribution in [3.8, 4) is 28.6 Å². The molecule has 0 spiro atoms. The molecule has 0 atom stereocenters. The monoisotopic (exact) mass is 295 g/mol. The minimum absolute atomic E-state index is 0.117. The summed E-state index contributed by atoms with van der Waals surface area (Å²) in [6.07, 6.45) is 0. The summed E-state index contributed by atoms with van der Waals surface area (Å²) in [7, 11) is 3.83. The Kier molecular flexibility index (Phi) is 3.55. The van der Waals surface area contributed by atoms with Crippen molar-refractivity contribution in [3.63, 3.8) is 0 Å². The Hall–Kier alpha value is -2.82. The third-order valence-electron chi connectivity index (χ3n) is 3.54. The third kappa shape index (κ3) is 2.53. The Bertz CT molecular complexity index is 809. The fraction of sp³-hybridized carbons (Fsp3) is 0.176. The van der Waals surface area contributed by atoms with Crippen LogP contribution in [0.25, 0.3) is 22.8 Å². The van der Waals surface area contributed by atoms with Crippen LogP contribution in [0.5, 0.6) is 5.75 Å². The second kappa shape index (κ2) is 5.52. The first kappa shape index (κ1) is 14.1. The zero-order chi connectivity index (χ0) is 15.7. The second-order valence-electron chi connectivity index (χ2n) is 5.33. The van der Waals surface area contributed by atoms with Crippen LogP contribution in [0, 0.1) is 6.92 Å². The number of aryl methyl sites for hydroxylation is 1. The molecule has 0 aliphatic rings. The SMILES string of the molecule is Cc1ccccc1-c1noc(-c2ccc(N(C)C)cc2O)n1. The van der Waals surface area contributed by atoms with Crippen molar-refractivity contribution in [1.29, 1.82) is 0 Å². The largest absolute Gasteiger partial charge is 0.507 e. The first-order valence-corrected chi connectivity index (χ1v) is 6.96. The van der Waals surface area contributed by atoms with Gasteiger partial charge in [-0.15, -0.1) is 0 Å². The van der Waals surface area contributed by atoms with Crippen molar-refractivity contribution in [2.75, 3.05) is 19.0 Å². The molecule has 0 fully saturated rings. The maximum atomic E-state index is 10.2. The van der Waals surface area contributed by atoms with Crippen molar-refractivity contribution in [2.45, 2.75) is 6.92 Å². The minimum Gasteiger partial charge on any atom is -0.507 e. The van der Waals surface area contributed by atoms with Crippen LogP contribution < -0.4 is 4.90 Å². The molecule has 1 aromatic heterocycles. The van der Waals surface area contributed by atoms with Crippen LogP contribution in [0.3, 0.4) is 0 Å². The lowest BCUT2D eigenvalue weighted by Crippen LogP contribution is -2.08. The van der Waals surface area contributed by atoms with Gasteiger partial charge in [0.2, 0.25) is 5.82 Å². The highest BCUT2D eigenvalue weighted by Gasteiger charge is 2.15. The second-order valence-corrected chi connectivity index (χ2v) is 5.33. The summed E-state index contributed by atoms with van der Waals surface area (Å²) in [6.45, 7) is 1.99. The summed E-state index contributed by atoms with van der Waals surface area (Å²) in [4.78, 5) is 6.31. The molecule has 22 heavy (non-hydrogen) atoms. The van der Waals surface area contributed by atoms with E-state index in [4.69, 9.17) is 4.52 Å². The molecular weight excluding hydrogens is 278 g/mol. The summed E-state index contributed by atoms with van der Waals surface area (Å²) in [6, 6.07) is 13.2. The molecule has 0 aliphatic carbocycles. The molecule has 0 radical (unpaired) electrons. The Labute approximate surface area is 128 Å². The van der Waals surface area contributed by atoms with Crippen LogP contribution in [-0.4, -0.2) is 29.3 Å². The maximum Gasteiger partial charge on any atom is 0.262 e. The molecule has 5 heteroatoms. The quantitative estimate of drug-likeness (QED) is 0.801. The van der Waals surface area contributed by atoms with Gasteiger partial charge in [0, 0.05) is 31.4 Å². The summed E-state index contributed by atoms with van der Waals surface area (Å²) < 4.78 is 5.31. The number of phenolic OH excluding ortho intramolecular Hbond substituents is 1. The van der Waals surface area contributed by atoms with E-state index in [-0.39, 0.29) is 5.75 Å². The van der Waals surface area contributed by atoms with Crippen molar-refractivity contribution < 1.29 is 9.63 Å².